The van der Waals surface area contributed by atoms with Gasteiger partial charge in [-0.05, 0) is 68.4 Å². The molecule has 1 N–H and O–H groups in total. The number of carboxylic acid groups (broad SMARTS) is 1. The van der Waals surface area contributed by atoms with Crippen molar-refractivity contribution in [1.82, 2.24) is 10.1 Å². The molecule has 34 heavy (non-hydrogen) atoms. The molecule has 1 aromatic heterocycles. The van der Waals surface area contributed by atoms with Crippen LogP contribution in [0.2, 0.25) is 0 Å². The number of hydrogen-bond donors (Lipinski definition) is 1. The van der Waals surface area contributed by atoms with Crippen molar-refractivity contribution in [1.29, 1.82) is 0 Å². The number of fused-ring (bicyclic) bond motifs is 1. The minimum absolute atomic E-state index is 0.0138. The molecule has 0 bridgehead atoms. The molecule has 2 fully saturated rings. The average molecular weight is 486 g/mol. The predicted molar refractivity (Wildman–Crippen MR) is 115 cm³/mol. The predicted octanol–water partition coefficient (Wildman–Crippen LogP) is 4.13. The Balaban J connectivity index is 1.27. The van der Waals surface area contributed by atoms with E-state index in [1.54, 1.807) is 6.07 Å². The van der Waals surface area contributed by atoms with E-state index in [0.29, 0.717) is 50.7 Å². The Kier molecular flexibility index (Phi) is 7.51. The number of hydrogen-bond acceptors (Lipinski definition) is 7. The Labute approximate surface area is 194 Å². The molecule has 0 atom stereocenters. The van der Waals surface area contributed by atoms with Gasteiger partial charge in [0.1, 0.15) is 11.1 Å². The maximum atomic E-state index is 12.6. The van der Waals surface area contributed by atoms with E-state index >= 15 is 0 Å². The Bertz CT molecular complexity index is 965. The maximum Gasteiger partial charge on any atom is 0.422 e. The molecular weight excluding hydrogens is 457 g/mol. The lowest BCUT2D eigenvalue weighted by Crippen LogP contribution is -2.48. The zero-order valence-corrected chi connectivity index (χ0v) is 18.8. The molecule has 188 valence electrons. The molecule has 11 heteroatoms. The van der Waals surface area contributed by atoms with Gasteiger partial charge >= 0.3 is 12.1 Å². The standard InChI is InChI=1S/C23H29F3N2O6/c24-23(25,26)15-33-17-2-1-3-18-19(17)20(27-34-18)32-11-6-16-4-9-28(10-5-16)14-22(21(29)30)7-12-31-13-8-22/h1-3,16H,4-15H2,(H,29,30). The summed E-state index contributed by atoms with van der Waals surface area (Å²) >= 11 is 0. The number of likely N-dealkylation sites (tertiary alicyclic amines) is 1. The maximum absolute atomic E-state index is 12.6. The number of ether oxygens (including phenoxy) is 3. The van der Waals surface area contributed by atoms with Gasteiger partial charge in [0, 0.05) is 19.8 Å². The van der Waals surface area contributed by atoms with E-state index in [1.807, 2.05) is 0 Å². The third-order valence-corrected chi connectivity index (χ3v) is 6.72. The van der Waals surface area contributed by atoms with Crippen molar-refractivity contribution in [2.75, 3.05) is 46.1 Å². The van der Waals surface area contributed by atoms with E-state index in [-0.39, 0.29) is 17.0 Å². The zero-order chi connectivity index (χ0) is 24.2. The van der Waals surface area contributed by atoms with E-state index in [2.05, 4.69) is 10.1 Å². The summed E-state index contributed by atoms with van der Waals surface area (Å²) < 4.78 is 58.9. The monoisotopic (exact) mass is 486 g/mol. The molecule has 0 amide bonds. The Morgan fingerprint density at radius 3 is 2.62 bits per heavy atom. The summed E-state index contributed by atoms with van der Waals surface area (Å²) in [5.41, 5.74) is -0.433. The first kappa shape index (κ1) is 24.6. The first-order valence-electron chi connectivity index (χ1n) is 11.5. The molecule has 0 aliphatic carbocycles. The average Bonchev–Trinajstić information content (AvgIpc) is 3.23. The first-order chi connectivity index (χ1) is 16.3. The van der Waals surface area contributed by atoms with Gasteiger partial charge in [0.25, 0.3) is 5.88 Å². The third-order valence-electron chi connectivity index (χ3n) is 6.72. The van der Waals surface area contributed by atoms with Crippen LogP contribution in [0.15, 0.2) is 22.7 Å². The number of alkyl halides is 3. The zero-order valence-electron chi connectivity index (χ0n) is 18.8. The quantitative estimate of drug-likeness (QED) is 0.566. The molecule has 1 aromatic carbocycles. The summed E-state index contributed by atoms with van der Waals surface area (Å²) in [6.07, 6.45) is -0.771. The van der Waals surface area contributed by atoms with Crippen molar-refractivity contribution in [3.05, 3.63) is 18.2 Å². The van der Waals surface area contributed by atoms with Crippen LogP contribution in [0.1, 0.15) is 32.1 Å². The van der Waals surface area contributed by atoms with Crippen LogP contribution in [0.5, 0.6) is 11.6 Å². The van der Waals surface area contributed by atoms with Gasteiger partial charge in [-0.15, -0.1) is 0 Å². The molecule has 2 saturated heterocycles. The highest BCUT2D eigenvalue weighted by atomic mass is 19.4. The number of benzene rings is 1. The molecule has 3 heterocycles. The second kappa shape index (κ2) is 10.4. The summed E-state index contributed by atoms with van der Waals surface area (Å²) in [4.78, 5) is 14.1. The number of halogens is 3. The van der Waals surface area contributed by atoms with Crippen LogP contribution < -0.4 is 9.47 Å². The fourth-order valence-electron chi connectivity index (χ4n) is 4.70. The first-order valence-corrected chi connectivity index (χ1v) is 11.5. The summed E-state index contributed by atoms with van der Waals surface area (Å²) in [5, 5.41) is 13.9. The van der Waals surface area contributed by atoms with Gasteiger partial charge in [-0.25, -0.2) is 0 Å². The molecule has 4 rings (SSSR count). The van der Waals surface area contributed by atoms with E-state index in [4.69, 9.17) is 18.7 Å². The number of aliphatic carboxylic acids is 1. The number of carbonyl (C=O) groups is 1. The van der Waals surface area contributed by atoms with Crippen LogP contribution in [0.25, 0.3) is 11.0 Å². The molecule has 0 saturated carbocycles. The van der Waals surface area contributed by atoms with Gasteiger partial charge in [-0.3, -0.25) is 4.79 Å². The number of aromatic nitrogens is 1. The lowest BCUT2D eigenvalue weighted by molar-refractivity contribution is -0.157. The molecule has 2 aliphatic rings. The number of carboxylic acids is 1. The number of nitrogens with zero attached hydrogens (tertiary/aromatic N) is 2. The van der Waals surface area contributed by atoms with Crippen LogP contribution in [0.4, 0.5) is 13.2 Å². The summed E-state index contributed by atoms with van der Waals surface area (Å²) in [5.74, 6) is -0.205. The SMILES string of the molecule is O=C(O)C1(CN2CCC(CCOc3noc4cccc(OCC(F)(F)F)c34)CC2)CCOCC1. The lowest BCUT2D eigenvalue weighted by atomic mass is 9.79. The Hall–Kier alpha value is -2.53. The minimum Gasteiger partial charge on any atom is -0.483 e. The van der Waals surface area contributed by atoms with Crippen LogP contribution in [0, 0.1) is 11.3 Å². The van der Waals surface area contributed by atoms with E-state index in [1.165, 1.54) is 12.1 Å². The molecule has 0 unspecified atom stereocenters. The normalized spacial score (nSPS) is 19.9. The highest BCUT2D eigenvalue weighted by Gasteiger charge is 2.42. The van der Waals surface area contributed by atoms with Crippen molar-refractivity contribution in [2.24, 2.45) is 11.3 Å². The molecule has 2 aromatic rings. The van der Waals surface area contributed by atoms with Gasteiger partial charge in [0.2, 0.25) is 0 Å². The van der Waals surface area contributed by atoms with Gasteiger partial charge in [-0.1, -0.05) is 6.07 Å². The van der Waals surface area contributed by atoms with Crippen molar-refractivity contribution in [3.8, 4) is 11.6 Å². The molecular formula is C23H29F3N2O6. The minimum atomic E-state index is -4.45. The van der Waals surface area contributed by atoms with Crippen LogP contribution >= 0.6 is 0 Å². The van der Waals surface area contributed by atoms with Gasteiger partial charge < -0.3 is 28.7 Å². The Morgan fingerprint density at radius 1 is 1.21 bits per heavy atom. The van der Waals surface area contributed by atoms with Crippen LogP contribution in [-0.4, -0.2) is 73.4 Å². The fourth-order valence-corrected chi connectivity index (χ4v) is 4.70. The number of piperidine rings is 1. The van der Waals surface area contributed by atoms with Gasteiger partial charge in [0.05, 0.1) is 12.0 Å². The summed E-state index contributed by atoms with van der Waals surface area (Å²) in [7, 11) is 0. The van der Waals surface area contributed by atoms with E-state index in [0.717, 1.165) is 32.4 Å². The summed E-state index contributed by atoms with van der Waals surface area (Å²) in [6, 6.07) is 4.55. The fraction of sp³-hybridized carbons (Fsp3) is 0.652. The van der Waals surface area contributed by atoms with Crippen molar-refractivity contribution < 1.29 is 41.8 Å². The second-order valence-corrected chi connectivity index (χ2v) is 9.08. The van der Waals surface area contributed by atoms with E-state index < -0.39 is 24.2 Å². The van der Waals surface area contributed by atoms with Crippen molar-refractivity contribution >= 4 is 16.9 Å². The number of rotatable bonds is 9. The highest BCUT2D eigenvalue weighted by molar-refractivity contribution is 5.88. The topological polar surface area (TPSA) is 94.3 Å². The molecule has 0 spiro atoms. The molecule has 2 aliphatic heterocycles. The van der Waals surface area contributed by atoms with Crippen LogP contribution in [0.3, 0.4) is 0 Å². The third kappa shape index (κ3) is 5.93. The van der Waals surface area contributed by atoms with Crippen LogP contribution in [-0.2, 0) is 9.53 Å². The highest BCUT2D eigenvalue weighted by Crippen LogP contribution is 2.36. The smallest absolute Gasteiger partial charge is 0.422 e. The van der Waals surface area contributed by atoms with Gasteiger partial charge in [0.15, 0.2) is 12.2 Å². The largest absolute Gasteiger partial charge is 0.483 e. The Morgan fingerprint density at radius 2 is 1.94 bits per heavy atom. The summed E-state index contributed by atoms with van der Waals surface area (Å²) in [6.45, 7) is 2.09. The van der Waals surface area contributed by atoms with E-state index in [9.17, 15) is 23.1 Å². The van der Waals surface area contributed by atoms with Gasteiger partial charge in [-0.2, -0.15) is 13.2 Å². The molecule has 8 nitrogen and oxygen atoms in total. The van der Waals surface area contributed by atoms with Crippen molar-refractivity contribution in [3.63, 3.8) is 0 Å². The second-order valence-electron chi connectivity index (χ2n) is 9.08. The molecule has 0 radical (unpaired) electrons. The lowest BCUT2D eigenvalue weighted by Gasteiger charge is -2.40. The van der Waals surface area contributed by atoms with Crippen molar-refractivity contribution in [2.45, 2.75) is 38.3 Å².